The third-order valence-corrected chi connectivity index (χ3v) is 4.59. The van der Waals surface area contributed by atoms with Crippen molar-refractivity contribution in [3.05, 3.63) is 70.3 Å². The van der Waals surface area contributed by atoms with E-state index < -0.39 is 5.97 Å². The van der Waals surface area contributed by atoms with Crippen LogP contribution >= 0.6 is 0 Å². The highest BCUT2D eigenvalue weighted by Gasteiger charge is 2.16. The Kier molecular flexibility index (Phi) is 7.21. The Hall–Kier alpha value is -3.28. The summed E-state index contributed by atoms with van der Waals surface area (Å²) in [6.07, 6.45) is 13.7. The molecule has 2 heterocycles. The van der Waals surface area contributed by atoms with Gasteiger partial charge in [0.2, 0.25) is 0 Å². The molecule has 0 saturated heterocycles. The van der Waals surface area contributed by atoms with Crippen LogP contribution in [0.2, 0.25) is 0 Å². The Morgan fingerprint density at radius 1 is 0.893 bits per heavy atom. The average molecular weight is 380 g/mol. The Morgan fingerprint density at radius 3 is 1.89 bits per heavy atom. The minimum absolute atomic E-state index is 0. The first kappa shape index (κ1) is 21.0. The number of methoxy groups -OCH3 is 1. The van der Waals surface area contributed by atoms with E-state index in [1.165, 1.54) is 12.7 Å². The molecule has 6 heteroatoms. The molecular weight excluding hydrogens is 356 g/mol. The van der Waals surface area contributed by atoms with Crippen molar-refractivity contribution in [1.29, 1.82) is 0 Å². The zero-order valence-electron chi connectivity index (χ0n) is 15.0. The number of rotatable bonds is 2. The van der Waals surface area contributed by atoms with Gasteiger partial charge in [-0.25, -0.2) is 9.59 Å². The molecule has 0 radical (unpaired) electrons. The van der Waals surface area contributed by atoms with Crippen LogP contribution in [0.5, 0.6) is 0 Å². The van der Waals surface area contributed by atoms with E-state index in [4.69, 9.17) is 5.11 Å². The van der Waals surface area contributed by atoms with Gasteiger partial charge in [-0.05, 0) is 72.2 Å². The number of nitrogens with zero attached hydrogens (tertiary/aromatic N) is 2. The van der Waals surface area contributed by atoms with Crippen LogP contribution in [0.4, 0.5) is 0 Å². The highest BCUT2D eigenvalue weighted by molar-refractivity contribution is 5.94. The first-order valence-corrected chi connectivity index (χ1v) is 8.67. The summed E-state index contributed by atoms with van der Waals surface area (Å²) in [5.41, 5.74) is 5.61. The van der Waals surface area contributed by atoms with E-state index in [9.17, 15) is 9.59 Å². The van der Waals surface area contributed by atoms with Crippen LogP contribution in [0.1, 0.15) is 42.5 Å². The van der Waals surface area contributed by atoms with Gasteiger partial charge in [0.05, 0.1) is 7.11 Å². The van der Waals surface area contributed by atoms with Crippen LogP contribution in [0.15, 0.2) is 48.1 Å². The first-order valence-electron chi connectivity index (χ1n) is 8.67. The SMILES string of the molecule is C.COC(=O)C1=Cc2ccncc2CC1.O=C(O)C1=Cc2ccncc2CC1. The molecule has 2 aromatic heterocycles. The number of fused-ring (bicyclic) bond motifs is 2. The Balaban J connectivity index is 0.000000194. The normalized spacial score (nSPS) is 13.9. The van der Waals surface area contributed by atoms with E-state index in [0.29, 0.717) is 12.0 Å². The molecule has 0 fully saturated rings. The van der Waals surface area contributed by atoms with Crippen molar-refractivity contribution in [3.63, 3.8) is 0 Å². The van der Waals surface area contributed by atoms with E-state index in [1.54, 1.807) is 24.7 Å². The van der Waals surface area contributed by atoms with Crippen LogP contribution in [-0.2, 0) is 27.2 Å². The molecule has 2 aliphatic rings. The van der Waals surface area contributed by atoms with Gasteiger partial charge in [-0.2, -0.15) is 0 Å². The number of carboxylic acids is 1. The minimum atomic E-state index is -0.817. The van der Waals surface area contributed by atoms with Crippen molar-refractivity contribution >= 4 is 24.1 Å². The number of hydrogen-bond acceptors (Lipinski definition) is 5. The molecule has 1 N–H and O–H groups in total. The van der Waals surface area contributed by atoms with E-state index in [0.717, 1.165) is 41.5 Å². The maximum Gasteiger partial charge on any atom is 0.333 e. The summed E-state index contributed by atoms with van der Waals surface area (Å²) in [5, 5.41) is 8.78. The Bertz CT molecular complexity index is 932. The Labute approximate surface area is 164 Å². The minimum Gasteiger partial charge on any atom is -0.478 e. The van der Waals surface area contributed by atoms with Crippen molar-refractivity contribution in [1.82, 2.24) is 9.97 Å². The molecule has 6 nitrogen and oxygen atoms in total. The van der Waals surface area contributed by atoms with Gasteiger partial charge in [0, 0.05) is 35.9 Å². The van der Waals surface area contributed by atoms with Crippen molar-refractivity contribution in [3.8, 4) is 0 Å². The number of aryl methyl sites for hydroxylation is 2. The van der Waals surface area contributed by atoms with E-state index in [1.807, 2.05) is 24.4 Å². The summed E-state index contributed by atoms with van der Waals surface area (Å²) in [4.78, 5) is 30.0. The zero-order valence-corrected chi connectivity index (χ0v) is 15.0. The van der Waals surface area contributed by atoms with Crippen molar-refractivity contribution in [2.75, 3.05) is 7.11 Å². The van der Waals surface area contributed by atoms with Gasteiger partial charge in [0.25, 0.3) is 0 Å². The molecule has 146 valence electrons. The second-order valence-corrected chi connectivity index (χ2v) is 6.28. The molecule has 2 aliphatic carbocycles. The van der Waals surface area contributed by atoms with Crippen LogP contribution in [0.3, 0.4) is 0 Å². The highest BCUT2D eigenvalue weighted by Crippen LogP contribution is 2.24. The number of aliphatic carboxylic acids is 1. The predicted molar refractivity (Wildman–Crippen MR) is 107 cm³/mol. The third-order valence-electron chi connectivity index (χ3n) is 4.59. The predicted octanol–water partition coefficient (Wildman–Crippen LogP) is 3.72. The number of pyridine rings is 2. The van der Waals surface area contributed by atoms with Gasteiger partial charge in [0.1, 0.15) is 0 Å². The fourth-order valence-electron chi connectivity index (χ4n) is 3.09. The summed E-state index contributed by atoms with van der Waals surface area (Å²) in [6.45, 7) is 0. The van der Waals surface area contributed by atoms with E-state index >= 15 is 0 Å². The number of ether oxygens (including phenoxy) is 1. The maximum atomic E-state index is 11.3. The van der Waals surface area contributed by atoms with Crippen LogP contribution in [0.25, 0.3) is 12.2 Å². The molecule has 0 unspecified atom stereocenters. The Morgan fingerprint density at radius 2 is 1.39 bits per heavy atom. The number of hydrogen-bond donors (Lipinski definition) is 1. The molecule has 0 spiro atoms. The molecule has 0 atom stereocenters. The summed E-state index contributed by atoms with van der Waals surface area (Å²) in [7, 11) is 1.41. The lowest BCUT2D eigenvalue weighted by molar-refractivity contribution is -0.136. The molecule has 0 bridgehead atoms. The fraction of sp³-hybridized carbons (Fsp3) is 0.273. The van der Waals surface area contributed by atoms with Gasteiger partial charge in [0.15, 0.2) is 0 Å². The summed E-state index contributed by atoms with van der Waals surface area (Å²) in [5.74, 6) is -1.05. The van der Waals surface area contributed by atoms with Gasteiger partial charge < -0.3 is 9.84 Å². The number of carboxylic acid groups (broad SMARTS) is 1. The molecule has 28 heavy (non-hydrogen) atoms. The quantitative estimate of drug-likeness (QED) is 0.799. The molecule has 4 rings (SSSR count). The smallest absolute Gasteiger partial charge is 0.333 e. The lowest BCUT2D eigenvalue weighted by Crippen LogP contribution is -2.09. The molecule has 2 aromatic rings. The second-order valence-electron chi connectivity index (χ2n) is 6.28. The number of carbonyl (C=O) groups excluding carboxylic acids is 1. The van der Waals surface area contributed by atoms with Gasteiger partial charge in [-0.3, -0.25) is 9.97 Å². The van der Waals surface area contributed by atoms with Crippen molar-refractivity contribution in [2.45, 2.75) is 33.1 Å². The number of carbonyl (C=O) groups is 2. The highest BCUT2D eigenvalue weighted by atomic mass is 16.5. The second kappa shape index (κ2) is 9.60. The van der Waals surface area contributed by atoms with Gasteiger partial charge >= 0.3 is 11.9 Å². The average Bonchev–Trinajstić information content (AvgIpc) is 2.72. The van der Waals surface area contributed by atoms with Crippen molar-refractivity contribution in [2.24, 2.45) is 0 Å². The monoisotopic (exact) mass is 380 g/mol. The fourth-order valence-corrected chi connectivity index (χ4v) is 3.09. The standard InChI is InChI=1S/C11H11NO2.C10H9NO2.CH4/c1-14-11(13)9-2-3-10-7-12-5-4-8(10)6-9;12-10(13)8-1-2-9-6-11-4-3-7(9)5-8;/h4-7H,2-3H2,1H3;3-6H,1-2H2,(H,12,13);1H4. The summed E-state index contributed by atoms with van der Waals surface area (Å²) < 4.78 is 4.68. The van der Waals surface area contributed by atoms with E-state index in [2.05, 4.69) is 14.7 Å². The molecule has 0 saturated carbocycles. The van der Waals surface area contributed by atoms with Crippen molar-refractivity contribution < 1.29 is 19.4 Å². The van der Waals surface area contributed by atoms with Gasteiger partial charge in [-0.15, -0.1) is 0 Å². The molecule has 0 aromatic carbocycles. The lowest BCUT2D eigenvalue weighted by atomic mass is 9.94. The third kappa shape index (κ3) is 4.91. The topological polar surface area (TPSA) is 89.4 Å². The zero-order chi connectivity index (χ0) is 19.2. The summed E-state index contributed by atoms with van der Waals surface area (Å²) in [6, 6.07) is 3.76. The largest absolute Gasteiger partial charge is 0.478 e. The van der Waals surface area contributed by atoms with Gasteiger partial charge in [-0.1, -0.05) is 7.43 Å². The van der Waals surface area contributed by atoms with Crippen LogP contribution < -0.4 is 0 Å². The lowest BCUT2D eigenvalue weighted by Gasteiger charge is -2.13. The van der Waals surface area contributed by atoms with Crippen LogP contribution in [-0.4, -0.2) is 34.1 Å². The van der Waals surface area contributed by atoms with Crippen LogP contribution in [0, 0.1) is 0 Å². The number of aromatic nitrogens is 2. The number of esters is 1. The maximum absolute atomic E-state index is 11.3. The molecule has 0 aliphatic heterocycles. The summed E-state index contributed by atoms with van der Waals surface area (Å²) >= 11 is 0. The first-order chi connectivity index (χ1) is 13.1. The molecule has 0 amide bonds. The molecular formula is C22H24N2O4. The van der Waals surface area contributed by atoms with E-state index in [-0.39, 0.29) is 13.4 Å².